The Morgan fingerprint density at radius 1 is 1.43 bits per heavy atom. The molecular weight excluding hydrogens is 293 g/mol. The van der Waals surface area contributed by atoms with Crippen LogP contribution in [-0.2, 0) is 13.2 Å². The molecule has 1 aliphatic carbocycles. The molecule has 0 atom stereocenters. The summed E-state index contributed by atoms with van der Waals surface area (Å²) < 4.78 is 24.8. The second-order valence-electron chi connectivity index (χ2n) is 5.29. The molecule has 112 valence electrons. The molecule has 0 radical (unpaired) electrons. The predicted molar refractivity (Wildman–Crippen MR) is 79.0 cm³/mol. The van der Waals surface area contributed by atoms with Crippen LogP contribution < -0.4 is 10.1 Å². The minimum atomic E-state index is -0.543. The average molecular weight is 310 g/mol. The van der Waals surface area contributed by atoms with Crippen molar-refractivity contribution in [1.82, 2.24) is 5.32 Å². The van der Waals surface area contributed by atoms with Crippen molar-refractivity contribution in [3.05, 3.63) is 52.2 Å². The third-order valence-corrected chi connectivity index (χ3v) is 3.81. The number of hydrogen-bond acceptors (Lipinski definition) is 3. The fraction of sp³-hybridized carbons (Fsp3) is 0.375. The van der Waals surface area contributed by atoms with Crippen LogP contribution in [0.25, 0.3) is 0 Å². The Balaban J connectivity index is 1.62. The van der Waals surface area contributed by atoms with Gasteiger partial charge in [0.1, 0.15) is 18.1 Å². The Kier molecular flexibility index (Phi) is 4.17. The molecule has 5 heteroatoms. The Hall–Kier alpha value is -1.52. The number of nitrogens with one attached hydrogen (secondary N) is 1. The van der Waals surface area contributed by atoms with Gasteiger partial charge >= 0.3 is 0 Å². The lowest BCUT2D eigenvalue weighted by atomic mass is 10.2. The van der Waals surface area contributed by atoms with E-state index in [1.807, 2.05) is 13.0 Å². The second kappa shape index (κ2) is 6.08. The van der Waals surface area contributed by atoms with Crippen molar-refractivity contribution < 1.29 is 13.5 Å². The fourth-order valence-electron chi connectivity index (χ4n) is 2.12. The highest BCUT2D eigenvalue weighted by molar-refractivity contribution is 6.30. The lowest BCUT2D eigenvalue weighted by Gasteiger charge is -2.05. The molecule has 1 saturated carbocycles. The normalized spacial score (nSPS) is 14.4. The molecule has 21 heavy (non-hydrogen) atoms. The van der Waals surface area contributed by atoms with E-state index in [1.165, 1.54) is 18.9 Å². The quantitative estimate of drug-likeness (QED) is 0.868. The van der Waals surface area contributed by atoms with Gasteiger partial charge in [-0.05, 0) is 38.0 Å². The summed E-state index contributed by atoms with van der Waals surface area (Å²) in [5.74, 6) is 1.14. The molecule has 0 saturated heterocycles. The van der Waals surface area contributed by atoms with Crippen LogP contribution in [0.15, 0.2) is 28.7 Å². The third kappa shape index (κ3) is 3.57. The van der Waals surface area contributed by atoms with Crippen molar-refractivity contribution in [2.45, 2.75) is 39.0 Å². The molecular formula is C16H17ClFNO2. The Morgan fingerprint density at radius 2 is 2.24 bits per heavy atom. The molecule has 3 nitrogen and oxygen atoms in total. The number of benzene rings is 1. The maximum absolute atomic E-state index is 13.7. The van der Waals surface area contributed by atoms with Gasteiger partial charge in [-0.3, -0.25) is 0 Å². The first-order valence-corrected chi connectivity index (χ1v) is 7.39. The van der Waals surface area contributed by atoms with Gasteiger partial charge in [0, 0.05) is 18.2 Å². The predicted octanol–water partition coefficient (Wildman–Crippen LogP) is 4.21. The topological polar surface area (TPSA) is 34.4 Å². The van der Waals surface area contributed by atoms with E-state index in [1.54, 1.807) is 12.1 Å². The van der Waals surface area contributed by atoms with Gasteiger partial charge in [-0.25, -0.2) is 4.39 Å². The molecule has 0 spiro atoms. The van der Waals surface area contributed by atoms with E-state index in [2.05, 4.69) is 5.32 Å². The van der Waals surface area contributed by atoms with Crippen LogP contribution in [0.4, 0.5) is 4.39 Å². The van der Waals surface area contributed by atoms with Crippen molar-refractivity contribution in [2.24, 2.45) is 0 Å². The molecule has 2 aromatic rings. The minimum Gasteiger partial charge on any atom is -0.483 e. The van der Waals surface area contributed by atoms with E-state index in [4.69, 9.17) is 20.8 Å². The van der Waals surface area contributed by atoms with Crippen molar-refractivity contribution in [3.63, 3.8) is 0 Å². The summed E-state index contributed by atoms with van der Waals surface area (Å²) in [5, 5.41) is 3.49. The van der Waals surface area contributed by atoms with E-state index in [0.717, 1.165) is 17.9 Å². The number of aryl methyl sites for hydroxylation is 1. The first-order valence-electron chi connectivity index (χ1n) is 7.02. The van der Waals surface area contributed by atoms with Crippen molar-refractivity contribution in [3.8, 4) is 5.75 Å². The monoisotopic (exact) mass is 309 g/mol. The van der Waals surface area contributed by atoms with E-state index >= 15 is 0 Å². The number of ether oxygens (including phenoxy) is 1. The second-order valence-corrected chi connectivity index (χ2v) is 5.70. The molecule has 1 N–H and O–H groups in total. The average Bonchev–Trinajstić information content (AvgIpc) is 3.22. The Morgan fingerprint density at radius 3 is 3.00 bits per heavy atom. The summed E-state index contributed by atoms with van der Waals surface area (Å²) in [5.41, 5.74) is 1.12. The van der Waals surface area contributed by atoms with Crippen LogP contribution in [0.2, 0.25) is 5.02 Å². The standard InChI is InChI=1S/C16H17ClFNO2/c1-10-11(8-19-12-5-6-12)7-13(21-10)9-20-15-4-2-3-14(17)16(15)18/h2-4,7,12,19H,5-6,8-9H2,1H3. The molecule has 0 aliphatic heterocycles. The number of furan rings is 1. The number of hydrogen-bond donors (Lipinski definition) is 1. The van der Waals surface area contributed by atoms with Crippen molar-refractivity contribution >= 4 is 11.6 Å². The smallest absolute Gasteiger partial charge is 0.183 e. The summed E-state index contributed by atoms with van der Waals surface area (Å²) in [6.45, 7) is 2.90. The highest BCUT2D eigenvalue weighted by Crippen LogP contribution is 2.26. The largest absolute Gasteiger partial charge is 0.483 e. The highest BCUT2D eigenvalue weighted by Gasteiger charge is 2.21. The van der Waals surface area contributed by atoms with Crippen molar-refractivity contribution in [1.29, 1.82) is 0 Å². The maximum atomic E-state index is 13.7. The Bertz CT molecular complexity index is 637. The van der Waals surface area contributed by atoms with E-state index in [0.29, 0.717) is 11.8 Å². The first kappa shape index (κ1) is 14.4. The van der Waals surface area contributed by atoms with E-state index in [9.17, 15) is 4.39 Å². The summed E-state index contributed by atoms with van der Waals surface area (Å²) in [6, 6.07) is 7.29. The summed E-state index contributed by atoms with van der Waals surface area (Å²) in [7, 11) is 0. The molecule has 0 unspecified atom stereocenters. The summed E-state index contributed by atoms with van der Waals surface area (Å²) in [4.78, 5) is 0. The molecule has 1 heterocycles. The third-order valence-electron chi connectivity index (χ3n) is 3.52. The summed E-state index contributed by atoms with van der Waals surface area (Å²) in [6.07, 6.45) is 2.50. The van der Waals surface area contributed by atoms with Gasteiger partial charge < -0.3 is 14.5 Å². The van der Waals surface area contributed by atoms with Gasteiger partial charge in [-0.2, -0.15) is 0 Å². The van der Waals surface area contributed by atoms with Crippen LogP contribution in [-0.4, -0.2) is 6.04 Å². The van der Waals surface area contributed by atoms with Gasteiger partial charge in [-0.15, -0.1) is 0 Å². The molecule has 0 bridgehead atoms. The van der Waals surface area contributed by atoms with Gasteiger partial charge in [0.15, 0.2) is 11.6 Å². The van der Waals surface area contributed by atoms with E-state index in [-0.39, 0.29) is 17.4 Å². The van der Waals surface area contributed by atoms with E-state index < -0.39 is 5.82 Å². The molecule has 1 aromatic heterocycles. The molecule has 1 aliphatic rings. The zero-order chi connectivity index (χ0) is 14.8. The molecule has 0 amide bonds. The minimum absolute atomic E-state index is 0.0532. The lowest BCUT2D eigenvalue weighted by Crippen LogP contribution is -2.15. The molecule has 1 aromatic carbocycles. The fourth-order valence-corrected chi connectivity index (χ4v) is 2.29. The van der Waals surface area contributed by atoms with Gasteiger partial charge in [0.05, 0.1) is 5.02 Å². The van der Waals surface area contributed by atoms with Crippen LogP contribution in [0.3, 0.4) is 0 Å². The van der Waals surface area contributed by atoms with Crippen LogP contribution in [0.5, 0.6) is 5.75 Å². The zero-order valence-electron chi connectivity index (χ0n) is 11.8. The van der Waals surface area contributed by atoms with Crippen molar-refractivity contribution in [2.75, 3.05) is 0 Å². The molecule has 1 fully saturated rings. The van der Waals surface area contributed by atoms with Gasteiger partial charge in [0.2, 0.25) is 0 Å². The van der Waals surface area contributed by atoms with Crippen LogP contribution >= 0.6 is 11.6 Å². The summed E-state index contributed by atoms with van der Waals surface area (Å²) >= 11 is 5.71. The lowest BCUT2D eigenvalue weighted by molar-refractivity contribution is 0.256. The van der Waals surface area contributed by atoms with Gasteiger partial charge in [-0.1, -0.05) is 17.7 Å². The SMILES string of the molecule is Cc1oc(COc2cccc(Cl)c2F)cc1CNC1CC1. The maximum Gasteiger partial charge on any atom is 0.183 e. The van der Waals surface area contributed by atoms with Crippen LogP contribution in [0, 0.1) is 12.7 Å². The zero-order valence-corrected chi connectivity index (χ0v) is 12.5. The Labute approximate surface area is 128 Å². The first-order chi connectivity index (χ1) is 10.1. The number of halogens is 2. The highest BCUT2D eigenvalue weighted by atomic mass is 35.5. The van der Waals surface area contributed by atoms with Crippen LogP contribution in [0.1, 0.15) is 29.9 Å². The molecule has 3 rings (SSSR count). The van der Waals surface area contributed by atoms with Gasteiger partial charge in [0.25, 0.3) is 0 Å². The number of rotatable bonds is 6.